The molecule has 146 valence electrons. The molecule has 0 saturated heterocycles. The summed E-state index contributed by atoms with van der Waals surface area (Å²) in [4.78, 5) is 5.30. The van der Waals surface area contributed by atoms with E-state index < -0.39 is 10.8 Å². The number of pyridine rings is 1. The molecule has 5 heteroatoms. The Hall–Kier alpha value is -2.24. The Labute approximate surface area is 168 Å². The normalized spacial score (nSPS) is 20.0. The van der Waals surface area contributed by atoms with Crippen LogP contribution < -0.4 is 10.1 Å². The number of aromatic nitrogens is 1. The number of aryl methyl sites for hydroxylation is 2. The summed E-state index contributed by atoms with van der Waals surface area (Å²) >= 11 is 0. The molecule has 1 saturated carbocycles. The topological polar surface area (TPSA) is 51.2 Å². The van der Waals surface area contributed by atoms with Crippen molar-refractivity contribution in [1.29, 1.82) is 0 Å². The Morgan fingerprint density at radius 1 is 1.14 bits per heavy atom. The van der Waals surface area contributed by atoms with E-state index in [1.807, 2.05) is 37.4 Å². The maximum atomic E-state index is 12.9. The van der Waals surface area contributed by atoms with Gasteiger partial charge in [-0.25, -0.2) is 0 Å². The van der Waals surface area contributed by atoms with Crippen LogP contribution in [-0.2, 0) is 17.2 Å². The lowest BCUT2D eigenvalue weighted by Crippen LogP contribution is -2.44. The summed E-state index contributed by atoms with van der Waals surface area (Å²) in [6.45, 7) is 4.21. The van der Waals surface area contributed by atoms with Gasteiger partial charge in [-0.1, -0.05) is 19.1 Å². The molecule has 1 aliphatic rings. The number of benzene rings is 2. The molecule has 3 aromatic rings. The van der Waals surface area contributed by atoms with Gasteiger partial charge in [0.25, 0.3) is 0 Å². The Kier molecular flexibility index (Phi) is 5.47. The summed E-state index contributed by atoms with van der Waals surface area (Å²) < 4.78 is 19.2. The van der Waals surface area contributed by atoms with E-state index in [4.69, 9.17) is 4.74 Å². The number of nitrogens with one attached hydrogen (secondary N) is 1. The highest BCUT2D eigenvalue weighted by molar-refractivity contribution is 7.85. The predicted molar refractivity (Wildman–Crippen MR) is 115 cm³/mol. The molecule has 1 N–H and O–H groups in total. The molecule has 1 aliphatic carbocycles. The molecule has 0 bridgehead atoms. The highest BCUT2D eigenvalue weighted by Gasteiger charge is 2.33. The van der Waals surface area contributed by atoms with Gasteiger partial charge in [-0.2, -0.15) is 0 Å². The van der Waals surface area contributed by atoms with Crippen molar-refractivity contribution in [3.05, 3.63) is 59.8 Å². The molecule has 28 heavy (non-hydrogen) atoms. The molecule has 0 aliphatic heterocycles. The zero-order valence-electron chi connectivity index (χ0n) is 16.6. The van der Waals surface area contributed by atoms with Crippen molar-refractivity contribution >= 4 is 21.7 Å². The maximum Gasteiger partial charge on any atom is 0.138 e. The lowest BCUT2D eigenvalue weighted by Gasteiger charge is -2.34. The minimum Gasteiger partial charge on any atom is -0.456 e. The van der Waals surface area contributed by atoms with Gasteiger partial charge in [0, 0.05) is 27.8 Å². The summed E-state index contributed by atoms with van der Waals surface area (Å²) in [5.74, 6) is 1.59. The number of hydrogen-bond donors (Lipinski definition) is 1. The molecule has 0 amide bonds. The van der Waals surface area contributed by atoms with Crippen LogP contribution in [0.15, 0.2) is 53.6 Å². The van der Waals surface area contributed by atoms with Crippen molar-refractivity contribution < 1.29 is 8.95 Å². The third kappa shape index (κ3) is 3.69. The Morgan fingerprint density at radius 3 is 2.68 bits per heavy atom. The minimum atomic E-state index is -1.01. The van der Waals surface area contributed by atoms with Crippen LogP contribution in [0.2, 0.25) is 0 Å². The lowest BCUT2D eigenvalue weighted by molar-refractivity contribution is 0.368. The van der Waals surface area contributed by atoms with Crippen molar-refractivity contribution in [2.45, 2.75) is 49.3 Å². The number of hydrogen-bond acceptors (Lipinski definition) is 4. The Morgan fingerprint density at radius 2 is 1.96 bits per heavy atom. The minimum absolute atomic E-state index is 0.222. The largest absolute Gasteiger partial charge is 0.456 e. The number of ether oxygens (including phenoxy) is 1. The quantitative estimate of drug-likeness (QED) is 0.655. The van der Waals surface area contributed by atoms with Crippen LogP contribution >= 0.6 is 0 Å². The molecule has 1 heterocycles. The summed E-state index contributed by atoms with van der Waals surface area (Å²) in [7, 11) is 0.956. The van der Waals surface area contributed by atoms with Crippen molar-refractivity contribution in [3.63, 3.8) is 0 Å². The van der Waals surface area contributed by atoms with Gasteiger partial charge in [0.05, 0.1) is 16.3 Å². The molecule has 1 aromatic heterocycles. The first-order valence-corrected chi connectivity index (χ1v) is 11.0. The zero-order chi connectivity index (χ0) is 19.7. The van der Waals surface area contributed by atoms with Crippen LogP contribution in [-0.4, -0.2) is 27.5 Å². The van der Waals surface area contributed by atoms with Crippen molar-refractivity contribution in [2.24, 2.45) is 0 Å². The van der Waals surface area contributed by atoms with Gasteiger partial charge in [-0.05, 0) is 74.7 Å². The van der Waals surface area contributed by atoms with Crippen LogP contribution in [0.1, 0.15) is 30.9 Å². The van der Waals surface area contributed by atoms with Gasteiger partial charge in [0.15, 0.2) is 0 Å². The molecule has 4 rings (SSSR count). The van der Waals surface area contributed by atoms with Crippen molar-refractivity contribution in [3.8, 4) is 11.5 Å². The monoisotopic (exact) mass is 394 g/mol. The van der Waals surface area contributed by atoms with Gasteiger partial charge in [-0.3, -0.25) is 9.19 Å². The number of rotatable bonds is 6. The average molecular weight is 395 g/mol. The van der Waals surface area contributed by atoms with E-state index in [1.165, 1.54) is 5.56 Å². The second-order valence-corrected chi connectivity index (χ2v) is 9.15. The highest BCUT2D eigenvalue weighted by atomic mass is 32.2. The van der Waals surface area contributed by atoms with Crippen LogP contribution in [0, 0.1) is 6.92 Å². The van der Waals surface area contributed by atoms with Gasteiger partial charge >= 0.3 is 0 Å². The van der Waals surface area contributed by atoms with Crippen LogP contribution in [0.3, 0.4) is 0 Å². The molecule has 1 atom stereocenters. The molecular weight excluding hydrogens is 368 g/mol. The van der Waals surface area contributed by atoms with Gasteiger partial charge < -0.3 is 10.1 Å². The third-order valence-electron chi connectivity index (χ3n) is 5.58. The Balaban J connectivity index is 1.64. The molecule has 0 radical (unpaired) electrons. The molecule has 0 spiro atoms. The molecule has 4 nitrogen and oxygen atoms in total. The van der Waals surface area contributed by atoms with E-state index in [0.29, 0.717) is 6.04 Å². The predicted octanol–water partition coefficient (Wildman–Crippen LogP) is 4.76. The van der Waals surface area contributed by atoms with E-state index in [9.17, 15) is 4.21 Å². The smallest absolute Gasteiger partial charge is 0.138 e. The van der Waals surface area contributed by atoms with Crippen molar-refractivity contribution in [2.75, 3.05) is 7.05 Å². The van der Waals surface area contributed by atoms with Gasteiger partial charge in [0.2, 0.25) is 0 Å². The highest BCUT2D eigenvalue weighted by Crippen LogP contribution is 2.34. The summed E-state index contributed by atoms with van der Waals surface area (Å²) in [6.07, 6.45) is 4.68. The second kappa shape index (κ2) is 8.02. The van der Waals surface area contributed by atoms with Crippen LogP contribution in [0.5, 0.6) is 11.5 Å². The third-order valence-corrected chi connectivity index (χ3v) is 7.29. The van der Waals surface area contributed by atoms with Crippen LogP contribution in [0.25, 0.3) is 10.9 Å². The summed E-state index contributed by atoms with van der Waals surface area (Å²) in [5.41, 5.74) is 3.25. The average Bonchev–Trinajstić information content (AvgIpc) is 2.68. The van der Waals surface area contributed by atoms with E-state index in [2.05, 4.69) is 36.3 Å². The fourth-order valence-electron chi connectivity index (χ4n) is 3.65. The van der Waals surface area contributed by atoms with Gasteiger partial charge in [0.1, 0.15) is 11.5 Å². The first-order chi connectivity index (χ1) is 13.6. The van der Waals surface area contributed by atoms with E-state index in [1.54, 1.807) is 6.20 Å². The lowest BCUT2D eigenvalue weighted by atomic mass is 9.93. The van der Waals surface area contributed by atoms with E-state index >= 15 is 0 Å². The standard InChI is InChI=1S/C23H26N2O2S/c1-4-16-5-8-22(15(2)11-16)27-23-9-10-25-21-7-6-18(14-20(21)23)28(26)19-12-17(13-19)24-3/h5-11,14,17,19,24H,4,12-13H2,1-3H3. The second-order valence-electron chi connectivity index (χ2n) is 7.42. The SMILES string of the molecule is CCc1ccc(Oc2ccnc3ccc(S(=O)C4CC(NC)C4)cc23)c(C)c1. The Bertz CT molecular complexity index is 1030. The molecule has 1 unspecified atom stereocenters. The first kappa shape index (κ1) is 19.1. The summed E-state index contributed by atoms with van der Waals surface area (Å²) in [5, 5.41) is 4.37. The molecule has 2 aromatic carbocycles. The fraction of sp³-hybridized carbons (Fsp3) is 0.348. The number of fused-ring (bicyclic) bond motifs is 1. The number of nitrogens with zero attached hydrogens (tertiary/aromatic N) is 1. The van der Waals surface area contributed by atoms with Crippen LogP contribution in [0.4, 0.5) is 0 Å². The summed E-state index contributed by atoms with van der Waals surface area (Å²) in [6, 6.07) is 14.5. The maximum absolute atomic E-state index is 12.9. The zero-order valence-corrected chi connectivity index (χ0v) is 17.4. The molecular formula is C23H26N2O2S. The first-order valence-electron chi connectivity index (χ1n) is 9.83. The fourth-order valence-corrected chi connectivity index (χ4v) is 5.28. The van der Waals surface area contributed by atoms with Crippen molar-refractivity contribution in [1.82, 2.24) is 10.3 Å². The van der Waals surface area contributed by atoms with E-state index in [0.717, 1.165) is 52.1 Å². The van der Waals surface area contributed by atoms with Gasteiger partial charge in [-0.15, -0.1) is 0 Å². The van der Waals surface area contributed by atoms with E-state index in [-0.39, 0.29) is 5.25 Å². The molecule has 1 fully saturated rings.